The molecule has 1 aromatic carbocycles. The zero-order chi connectivity index (χ0) is 14.8. The number of benzene rings is 1. The van der Waals surface area contributed by atoms with Crippen LogP contribution in [0.1, 0.15) is 16.7 Å². The van der Waals surface area contributed by atoms with Gasteiger partial charge in [0.15, 0.2) is 0 Å². The molecule has 0 atom stereocenters. The number of halogens is 1. The number of fused-ring (bicyclic) bond motifs is 1. The van der Waals surface area contributed by atoms with Gasteiger partial charge in [-0.3, -0.25) is 10.1 Å². The molecule has 0 unspecified atom stereocenters. The number of rotatable bonds is 5. The summed E-state index contributed by atoms with van der Waals surface area (Å²) < 4.78 is 6.73. The third-order valence-electron chi connectivity index (χ3n) is 3.29. The van der Waals surface area contributed by atoms with E-state index in [4.69, 9.17) is 4.74 Å². The molecule has 1 aromatic heterocycles. The number of thiophene rings is 1. The van der Waals surface area contributed by atoms with Crippen molar-refractivity contribution in [1.82, 2.24) is 5.32 Å². The molecular weight excluding hydrogens is 356 g/mol. The van der Waals surface area contributed by atoms with Crippen LogP contribution in [-0.2, 0) is 19.5 Å². The van der Waals surface area contributed by atoms with Crippen molar-refractivity contribution in [1.29, 1.82) is 0 Å². The number of nitrogens with one attached hydrogen (secondary N) is 1. The standard InChI is InChI=1S/C14H13BrN2O3S/c15-12-4-10-1-2-20-14(10)11(5-12)7-16-6-9-3-13(17(18)19)21-8-9/h3-5,8,16H,1-2,6-7H2. The van der Waals surface area contributed by atoms with Crippen molar-refractivity contribution in [2.45, 2.75) is 19.5 Å². The monoisotopic (exact) mass is 368 g/mol. The Hall–Kier alpha value is -1.44. The number of nitrogens with zero attached hydrogens (tertiary/aromatic N) is 1. The maximum Gasteiger partial charge on any atom is 0.324 e. The van der Waals surface area contributed by atoms with Crippen LogP contribution in [0.5, 0.6) is 5.75 Å². The topological polar surface area (TPSA) is 64.4 Å². The van der Waals surface area contributed by atoms with E-state index in [1.165, 1.54) is 5.56 Å². The first-order valence-corrected chi connectivity index (χ1v) is 8.17. The molecule has 1 aliphatic heterocycles. The van der Waals surface area contributed by atoms with Crippen LogP contribution in [0, 0.1) is 10.1 Å². The van der Waals surface area contributed by atoms with Crippen LogP contribution in [0.25, 0.3) is 0 Å². The van der Waals surface area contributed by atoms with Crippen molar-refractivity contribution in [2.75, 3.05) is 6.61 Å². The first-order chi connectivity index (χ1) is 10.1. The van der Waals surface area contributed by atoms with E-state index < -0.39 is 0 Å². The van der Waals surface area contributed by atoms with Crippen LogP contribution < -0.4 is 10.1 Å². The zero-order valence-corrected chi connectivity index (χ0v) is 13.5. The summed E-state index contributed by atoms with van der Waals surface area (Å²) in [7, 11) is 0. The molecule has 2 heterocycles. The predicted octanol–water partition coefficient (Wildman–Crippen LogP) is 3.64. The second kappa shape index (κ2) is 6.13. The Bertz CT molecular complexity index is 687. The lowest BCUT2D eigenvalue weighted by Gasteiger charge is -2.10. The van der Waals surface area contributed by atoms with Gasteiger partial charge >= 0.3 is 5.00 Å². The zero-order valence-electron chi connectivity index (χ0n) is 11.1. The van der Waals surface area contributed by atoms with E-state index in [1.54, 1.807) is 6.07 Å². The quantitative estimate of drug-likeness (QED) is 0.646. The van der Waals surface area contributed by atoms with Gasteiger partial charge in [0, 0.05) is 41.0 Å². The van der Waals surface area contributed by atoms with E-state index in [2.05, 4.69) is 27.3 Å². The highest BCUT2D eigenvalue weighted by Gasteiger charge is 2.17. The predicted molar refractivity (Wildman–Crippen MR) is 84.9 cm³/mol. The van der Waals surface area contributed by atoms with Crippen LogP contribution in [0.2, 0.25) is 0 Å². The Balaban J connectivity index is 1.64. The van der Waals surface area contributed by atoms with Gasteiger partial charge in [-0.05, 0) is 23.3 Å². The molecule has 0 fully saturated rings. The van der Waals surface area contributed by atoms with E-state index in [9.17, 15) is 10.1 Å². The fourth-order valence-corrected chi connectivity index (χ4v) is 3.65. The van der Waals surface area contributed by atoms with Gasteiger partial charge in [0.05, 0.1) is 11.5 Å². The molecule has 0 saturated heterocycles. The molecule has 0 saturated carbocycles. The van der Waals surface area contributed by atoms with E-state index in [0.717, 1.165) is 45.7 Å². The molecule has 2 aromatic rings. The number of nitro groups is 1. The summed E-state index contributed by atoms with van der Waals surface area (Å²) in [6, 6.07) is 5.75. The van der Waals surface area contributed by atoms with E-state index in [1.807, 2.05) is 11.4 Å². The molecule has 1 aliphatic rings. The Morgan fingerprint density at radius 1 is 1.38 bits per heavy atom. The SMILES string of the molecule is O=[N+]([O-])c1cc(CNCc2cc(Br)cc3c2OCC3)cs1. The van der Waals surface area contributed by atoms with Crippen molar-refractivity contribution in [3.05, 3.63) is 54.9 Å². The van der Waals surface area contributed by atoms with E-state index in [0.29, 0.717) is 13.1 Å². The van der Waals surface area contributed by atoms with Crippen LogP contribution in [0.4, 0.5) is 5.00 Å². The molecule has 7 heteroatoms. The third kappa shape index (κ3) is 3.25. The molecule has 110 valence electrons. The largest absolute Gasteiger partial charge is 0.493 e. The van der Waals surface area contributed by atoms with Gasteiger partial charge in [-0.1, -0.05) is 27.3 Å². The lowest BCUT2D eigenvalue weighted by molar-refractivity contribution is -0.380. The summed E-state index contributed by atoms with van der Waals surface area (Å²) in [5, 5.41) is 16.0. The van der Waals surface area contributed by atoms with Gasteiger partial charge in [-0.2, -0.15) is 0 Å². The summed E-state index contributed by atoms with van der Waals surface area (Å²) in [6.07, 6.45) is 0.943. The van der Waals surface area contributed by atoms with E-state index >= 15 is 0 Å². The minimum absolute atomic E-state index is 0.179. The van der Waals surface area contributed by atoms with Crippen LogP contribution in [0.3, 0.4) is 0 Å². The summed E-state index contributed by atoms with van der Waals surface area (Å²) >= 11 is 4.67. The van der Waals surface area contributed by atoms with Gasteiger partial charge in [-0.25, -0.2) is 0 Å². The highest BCUT2D eigenvalue weighted by atomic mass is 79.9. The molecule has 0 radical (unpaired) electrons. The van der Waals surface area contributed by atoms with Crippen LogP contribution >= 0.6 is 27.3 Å². The maximum absolute atomic E-state index is 10.6. The van der Waals surface area contributed by atoms with Crippen molar-refractivity contribution in [2.24, 2.45) is 0 Å². The molecular formula is C14H13BrN2O3S. The van der Waals surface area contributed by atoms with E-state index in [-0.39, 0.29) is 9.92 Å². The number of ether oxygens (including phenoxy) is 1. The third-order valence-corrected chi connectivity index (χ3v) is 4.68. The average molecular weight is 369 g/mol. The molecule has 0 bridgehead atoms. The van der Waals surface area contributed by atoms with Crippen molar-refractivity contribution >= 4 is 32.3 Å². The van der Waals surface area contributed by atoms with Gasteiger partial charge in [0.2, 0.25) is 0 Å². The van der Waals surface area contributed by atoms with Crippen molar-refractivity contribution < 1.29 is 9.66 Å². The smallest absolute Gasteiger partial charge is 0.324 e. The Morgan fingerprint density at radius 3 is 3.00 bits per heavy atom. The average Bonchev–Trinajstić information content (AvgIpc) is 3.06. The molecule has 3 rings (SSSR count). The number of hydrogen-bond acceptors (Lipinski definition) is 5. The first-order valence-electron chi connectivity index (χ1n) is 6.50. The minimum atomic E-state index is -0.358. The fraction of sp³-hybridized carbons (Fsp3) is 0.286. The fourth-order valence-electron chi connectivity index (χ4n) is 2.37. The molecule has 5 nitrogen and oxygen atoms in total. The first kappa shape index (κ1) is 14.5. The second-order valence-electron chi connectivity index (χ2n) is 4.81. The molecule has 1 N–H and O–H groups in total. The molecule has 0 spiro atoms. The highest BCUT2D eigenvalue weighted by molar-refractivity contribution is 9.10. The Morgan fingerprint density at radius 2 is 2.24 bits per heavy atom. The minimum Gasteiger partial charge on any atom is -0.493 e. The van der Waals surface area contributed by atoms with Crippen molar-refractivity contribution in [3.8, 4) is 5.75 Å². The van der Waals surface area contributed by atoms with Crippen LogP contribution in [-0.4, -0.2) is 11.5 Å². The molecule has 21 heavy (non-hydrogen) atoms. The summed E-state index contributed by atoms with van der Waals surface area (Å²) in [6.45, 7) is 2.01. The normalized spacial score (nSPS) is 13.0. The molecule has 0 amide bonds. The number of hydrogen-bond donors (Lipinski definition) is 1. The van der Waals surface area contributed by atoms with Gasteiger partial charge in [0.1, 0.15) is 5.75 Å². The Kier molecular flexibility index (Phi) is 4.23. The summed E-state index contributed by atoms with van der Waals surface area (Å²) in [5.41, 5.74) is 3.27. The Labute approximate surface area is 134 Å². The van der Waals surface area contributed by atoms with Gasteiger partial charge in [0.25, 0.3) is 0 Å². The summed E-state index contributed by atoms with van der Waals surface area (Å²) in [4.78, 5) is 10.3. The lowest BCUT2D eigenvalue weighted by atomic mass is 10.1. The maximum atomic E-state index is 10.6. The lowest BCUT2D eigenvalue weighted by Crippen LogP contribution is -2.13. The van der Waals surface area contributed by atoms with Gasteiger partial charge < -0.3 is 10.1 Å². The highest BCUT2D eigenvalue weighted by Crippen LogP contribution is 2.33. The second-order valence-corrected chi connectivity index (χ2v) is 6.61. The van der Waals surface area contributed by atoms with Crippen molar-refractivity contribution in [3.63, 3.8) is 0 Å². The van der Waals surface area contributed by atoms with Crippen LogP contribution in [0.15, 0.2) is 28.1 Å². The summed E-state index contributed by atoms with van der Waals surface area (Å²) in [5.74, 6) is 0.974. The van der Waals surface area contributed by atoms with Gasteiger partial charge in [-0.15, -0.1) is 0 Å². The molecule has 0 aliphatic carbocycles.